The van der Waals surface area contributed by atoms with Crippen LogP contribution in [-0.2, 0) is 20.0 Å². The highest BCUT2D eigenvalue weighted by Gasteiger charge is 2.45. The zero-order valence-corrected chi connectivity index (χ0v) is 17.3. The van der Waals surface area contributed by atoms with E-state index in [0.29, 0.717) is 17.1 Å². The van der Waals surface area contributed by atoms with Crippen molar-refractivity contribution in [3.05, 3.63) is 59.6 Å². The third-order valence-corrected chi connectivity index (χ3v) is 6.83. The van der Waals surface area contributed by atoms with E-state index >= 15 is 0 Å². The minimum absolute atomic E-state index is 0.0975. The molecular weight excluding hydrogens is 397 g/mol. The first-order valence-corrected chi connectivity index (χ1v) is 10.8. The van der Waals surface area contributed by atoms with Gasteiger partial charge in [-0.15, -0.1) is 0 Å². The number of anilines is 1. The van der Waals surface area contributed by atoms with Crippen LogP contribution in [0.25, 0.3) is 0 Å². The Balaban J connectivity index is 1.12. The number of carbonyl (C=O) groups is 1. The van der Waals surface area contributed by atoms with E-state index in [2.05, 4.69) is 25.2 Å². The number of aromatic nitrogens is 5. The van der Waals surface area contributed by atoms with Gasteiger partial charge in [-0.25, -0.2) is 15.0 Å². The number of carbonyl (C=O) groups excluding carboxylic acids is 1. The van der Waals surface area contributed by atoms with Crippen molar-refractivity contribution in [3.63, 3.8) is 0 Å². The Morgan fingerprint density at radius 1 is 1.23 bits per heavy atom. The van der Waals surface area contributed by atoms with Crippen LogP contribution in [0.15, 0.2) is 31.0 Å². The first kappa shape index (κ1) is 18.5. The zero-order chi connectivity index (χ0) is 21.1. The van der Waals surface area contributed by atoms with Gasteiger partial charge >= 0.3 is 0 Å². The smallest absolute Gasteiger partial charge is 0.272 e. The van der Waals surface area contributed by atoms with Gasteiger partial charge in [0.1, 0.15) is 11.5 Å². The molecule has 2 unspecified atom stereocenters. The van der Waals surface area contributed by atoms with Gasteiger partial charge in [0, 0.05) is 37.6 Å². The van der Waals surface area contributed by atoms with Crippen LogP contribution in [0.5, 0.6) is 0 Å². The lowest BCUT2D eigenvalue weighted by atomic mass is 10.2. The molecule has 0 spiro atoms. The van der Waals surface area contributed by atoms with Gasteiger partial charge in [0.25, 0.3) is 5.91 Å². The standard InChI is InChI=1S/C22H24FN7O/c1-28-11-25-20-16(3-4-18(20)28)26-22(31)17-10-29(12-24-17)7-13-2-5-19(27-21(13)23)30-8-14-6-15(14)9-30/h2,5,10-12,14-16H,3-4,6-9H2,1H3,(H,26,31)/t14?,15?,16-/m1/s1. The van der Waals surface area contributed by atoms with Gasteiger partial charge in [-0.1, -0.05) is 0 Å². The second kappa shape index (κ2) is 6.90. The number of rotatable bonds is 5. The largest absolute Gasteiger partial charge is 0.356 e. The van der Waals surface area contributed by atoms with Crippen molar-refractivity contribution in [2.75, 3.05) is 18.0 Å². The van der Waals surface area contributed by atoms with Crippen molar-refractivity contribution >= 4 is 11.7 Å². The molecule has 0 aromatic carbocycles. The quantitative estimate of drug-likeness (QED) is 0.638. The molecule has 4 heterocycles. The summed E-state index contributed by atoms with van der Waals surface area (Å²) in [4.78, 5) is 27.6. The molecule has 3 aromatic rings. The van der Waals surface area contributed by atoms with Crippen LogP contribution in [0, 0.1) is 17.8 Å². The van der Waals surface area contributed by atoms with E-state index in [4.69, 9.17) is 0 Å². The number of imidazole rings is 2. The molecule has 3 atom stereocenters. The summed E-state index contributed by atoms with van der Waals surface area (Å²) in [6, 6.07) is 3.57. The normalized spacial score (nSPS) is 23.7. The van der Waals surface area contributed by atoms with E-state index in [-0.39, 0.29) is 18.5 Å². The molecular formula is C22H24FN7O. The molecule has 0 bridgehead atoms. The van der Waals surface area contributed by atoms with Crippen LogP contribution in [0.1, 0.15) is 46.3 Å². The molecule has 3 aromatic heterocycles. The second-order valence-corrected chi connectivity index (χ2v) is 8.96. The number of aryl methyl sites for hydroxylation is 1. The van der Waals surface area contributed by atoms with Crippen molar-refractivity contribution in [1.29, 1.82) is 0 Å². The molecule has 31 heavy (non-hydrogen) atoms. The minimum atomic E-state index is -0.466. The van der Waals surface area contributed by atoms with Gasteiger partial charge in [-0.3, -0.25) is 4.79 Å². The van der Waals surface area contributed by atoms with Crippen LogP contribution >= 0.6 is 0 Å². The molecule has 8 nitrogen and oxygen atoms in total. The van der Waals surface area contributed by atoms with Crippen molar-refractivity contribution in [1.82, 2.24) is 29.4 Å². The minimum Gasteiger partial charge on any atom is -0.356 e. The van der Waals surface area contributed by atoms with Crippen LogP contribution in [0.3, 0.4) is 0 Å². The topological polar surface area (TPSA) is 80.9 Å². The molecule has 1 saturated heterocycles. The van der Waals surface area contributed by atoms with E-state index in [1.54, 1.807) is 29.5 Å². The fourth-order valence-electron chi connectivity index (χ4n) is 4.95. The van der Waals surface area contributed by atoms with Gasteiger partial charge in [0.15, 0.2) is 0 Å². The number of piperidine rings is 1. The van der Waals surface area contributed by atoms with Crippen molar-refractivity contribution in [3.8, 4) is 0 Å². The van der Waals surface area contributed by atoms with Crippen LogP contribution in [0.4, 0.5) is 10.2 Å². The van der Waals surface area contributed by atoms with Gasteiger partial charge in [0.2, 0.25) is 5.95 Å². The maximum Gasteiger partial charge on any atom is 0.272 e. The van der Waals surface area contributed by atoms with E-state index in [1.165, 1.54) is 6.42 Å². The summed E-state index contributed by atoms with van der Waals surface area (Å²) >= 11 is 0. The van der Waals surface area contributed by atoms with E-state index in [1.807, 2.05) is 17.7 Å². The Morgan fingerprint density at radius 3 is 2.87 bits per heavy atom. The predicted molar refractivity (Wildman–Crippen MR) is 111 cm³/mol. The number of hydrogen-bond acceptors (Lipinski definition) is 5. The van der Waals surface area contributed by atoms with Crippen molar-refractivity contribution in [2.24, 2.45) is 18.9 Å². The summed E-state index contributed by atoms with van der Waals surface area (Å²) in [6.07, 6.45) is 8.00. The zero-order valence-electron chi connectivity index (χ0n) is 17.3. The molecule has 2 fully saturated rings. The number of hydrogen-bond donors (Lipinski definition) is 1. The SMILES string of the molecule is Cn1cnc2c1CC[C@H]2NC(=O)c1cn(Cc2ccc(N3CC4CC4C3)nc2F)cn1. The second-order valence-electron chi connectivity index (χ2n) is 8.96. The molecule has 9 heteroatoms. The summed E-state index contributed by atoms with van der Waals surface area (Å²) < 4.78 is 18.3. The van der Waals surface area contributed by atoms with Gasteiger partial charge in [-0.05, 0) is 43.2 Å². The van der Waals surface area contributed by atoms with Gasteiger partial charge in [-0.2, -0.15) is 4.39 Å². The molecule has 6 rings (SSSR count). The van der Waals surface area contributed by atoms with E-state index < -0.39 is 5.95 Å². The van der Waals surface area contributed by atoms with Crippen LogP contribution < -0.4 is 10.2 Å². The summed E-state index contributed by atoms with van der Waals surface area (Å²) in [5.74, 6) is 1.54. The van der Waals surface area contributed by atoms with E-state index in [9.17, 15) is 9.18 Å². The third kappa shape index (κ3) is 3.28. The number of fused-ring (bicyclic) bond motifs is 2. The first-order chi connectivity index (χ1) is 15.0. The molecule has 0 radical (unpaired) electrons. The maximum atomic E-state index is 14.6. The molecule has 3 aliphatic rings. The lowest BCUT2D eigenvalue weighted by Crippen LogP contribution is -2.27. The molecule has 160 valence electrons. The average Bonchev–Trinajstić information content (AvgIpc) is 3.22. The Hall–Kier alpha value is -3.23. The average molecular weight is 421 g/mol. The molecule has 1 aliphatic heterocycles. The van der Waals surface area contributed by atoms with Crippen molar-refractivity contribution in [2.45, 2.75) is 31.8 Å². The highest BCUT2D eigenvalue weighted by atomic mass is 19.1. The highest BCUT2D eigenvalue weighted by molar-refractivity contribution is 5.92. The Morgan fingerprint density at radius 2 is 2.06 bits per heavy atom. The van der Waals surface area contributed by atoms with Crippen LogP contribution in [0.2, 0.25) is 0 Å². The number of halogens is 1. The molecule has 1 amide bonds. The monoisotopic (exact) mass is 421 g/mol. The number of nitrogens with one attached hydrogen (secondary N) is 1. The molecule has 1 saturated carbocycles. The van der Waals surface area contributed by atoms with Crippen molar-refractivity contribution < 1.29 is 9.18 Å². The Bertz CT molecular complexity index is 1160. The molecule has 1 N–H and O–H groups in total. The summed E-state index contributed by atoms with van der Waals surface area (Å²) in [6.45, 7) is 2.24. The lowest BCUT2D eigenvalue weighted by molar-refractivity contribution is 0.0931. The predicted octanol–water partition coefficient (Wildman–Crippen LogP) is 2.07. The first-order valence-electron chi connectivity index (χ1n) is 10.8. The number of pyridine rings is 1. The molecule has 2 aliphatic carbocycles. The lowest BCUT2D eigenvalue weighted by Gasteiger charge is -2.19. The van der Waals surface area contributed by atoms with Gasteiger partial charge in [0.05, 0.1) is 30.9 Å². The fourth-order valence-corrected chi connectivity index (χ4v) is 4.95. The van der Waals surface area contributed by atoms with Crippen LogP contribution in [-0.4, -0.2) is 43.1 Å². The Kier molecular flexibility index (Phi) is 4.12. The van der Waals surface area contributed by atoms with E-state index in [0.717, 1.165) is 49.2 Å². The number of amides is 1. The fraction of sp³-hybridized carbons (Fsp3) is 0.455. The summed E-state index contributed by atoms with van der Waals surface area (Å²) in [5, 5.41) is 3.02. The summed E-state index contributed by atoms with van der Waals surface area (Å²) in [5.41, 5.74) is 2.88. The van der Waals surface area contributed by atoms with Gasteiger partial charge < -0.3 is 19.4 Å². The highest BCUT2D eigenvalue weighted by Crippen LogP contribution is 2.45. The maximum absolute atomic E-state index is 14.6. The summed E-state index contributed by atoms with van der Waals surface area (Å²) in [7, 11) is 1.96. The number of nitrogens with zero attached hydrogens (tertiary/aromatic N) is 6. The Labute approximate surface area is 179 Å². The third-order valence-electron chi connectivity index (χ3n) is 6.83.